The summed E-state index contributed by atoms with van der Waals surface area (Å²) in [5.74, 6) is 0.395. The van der Waals surface area contributed by atoms with Gasteiger partial charge in [-0.1, -0.05) is 19.9 Å². The van der Waals surface area contributed by atoms with E-state index in [1.165, 1.54) is 0 Å². The van der Waals surface area contributed by atoms with Crippen LogP contribution in [0.2, 0.25) is 0 Å². The Balaban J connectivity index is 2.08. The largest absolute Gasteiger partial charge is 0.336 e. The van der Waals surface area contributed by atoms with Crippen molar-refractivity contribution in [3.63, 3.8) is 0 Å². The Kier molecular flexibility index (Phi) is 6.79. The van der Waals surface area contributed by atoms with Crippen molar-refractivity contribution in [2.45, 2.75) is 33.2 Å². The second-order valence-corrected chi connectivity index (χ2v) is 7.40. The van der Waals surface area contributed by atoms with Gasteiger partial charge in [-0.25, -0.2) is 4.79 Å². The molecule has 0 aliphatic carbocycles. The maximum Gasteiger partial charge on any atom is 0.319 e. The van der Waals surface area contributed by atoms with E-state index in [1.54, 1.807) is 30.1 Å². The first-order chi connectivity index (χ1) is 11.9. The Labute approximate surface area is 150 Å². The maximum absolute atomic E-state index is 13.1. The summed E-state index contributed by atoms with van der Waals surface area (Å²) in [5, 5.41) is 0. The third kappa shape index (κ3) is 5.44. The lowest BCUT2D eigenvalue weighted by Crippen LogP contribution is -2.49. The summed E-state index contributed by atoms with van der Waals surface area (Å²) in [6.07, 6.45) is 3.47. The number of urea groups is 1. The van der Waals surface area contributed by atoms with E-state index < -0.39 is 0 Å². The van der Waals surface area contributed by atoms with Crippen LogP contribution in [0.15, 0.2) is 24.4 Å². The third-order valence-electron chi connectivity index (χ3n) is 4.40. The summed E-state index contributed by atoms with van der Waals surface area (Å²) in [4.78, 5) is 35.0. The fourth-order valence-electron chi connectivity index (χ4n) is 3.25. The van der Waals surface area contributed by atoms with Crippen molar-refractivity contribution < 1.29 is 9.59 Å². The molecule has 1 aromatic rings. The number of rotatable bonds is 5. The number of amides is 3. The van der Waals surface area contributed by atoms with Crippen LogP contribution in [0.4, 0.5) is 4.79 Å². The Bertz CT molecular complexity index is 574. The SMILES string of the molecule is CC(C)CN(Cc1ccccn1)C(=O)C1CCCN(C(=O)N(C)C)C1. The molecule has 1 atom stereocenters. The Morgan fingerprint density at radius 2 is 2.08 bits per heavy atom. The van der Waals surface area contributed by atoms with Gasteiger partial charge in [0.15, 0.2) is 0 Å². The van der Waals surface area contributed by atoms with Gasteiger partial charge in [0, 0.05) is 39.9 Å². The summed E-state index contributed by atoms with van der Waals surface area (Å²) in [7, 11) is 3.50. The minimum atomic E-state index is -0.125. The molecule has 6 heteroatoms. The third-order valence-corrected chi connectivity index (χ3v) is 4.40. The lowest BCUT2D eigenvalue weighted by Gasteiger charge is -2.36. The van der Waals surface area contributed by atoms with Crippen molar-refractivity contribution in [1.29, 1.82) is 0 Å². The lowest BCUT2D eigenvalue weighted by atomic mass is 9.96. The average Bonchev–Trinajstić information content (AvgIpc) is 2.60. The molecular formula is C19H30N4O2. The van der Waals surface area contributed by atoms with Crippen molar-refractivity contribution in [1.82, 2.24) is 19.7 Å². The van der Waals surface area contributed by atoms with Crippen molar-refractivity contribution in [3.05, 3.63) is 30.1 Å². The molecule has 0 radical (unpaired) electrons. The number of nitrogens with zero attached hydrogens (tertiary/aromatic N) is 4. The standard InChI is InChI=1S/C19H30N4O2/c1-15(2)12-23(14-17-9-5-6-10-20-17)18(24)16-8-7-11-22(13-16)19(25)21(3)4/h5-6,9-10,15-16H,7-8,11-14H2,1-4H3. The van der Waals surface area contributed by atoms with Crippen LogP contribution in [-0.2, 0) is 11.3 Å². The van der Waals surface area contributed by atoms with Gasteiger partial charge in [0.1, 0.15) is 0 Å². The van der Waals surface area contributed by atoms with Crippen LogP contribution >= 0.6 is 0 Å². The van der Waals surface area contributed by atoms with Gasteiger partial charge in [-0.15, -0.1) is 0 Å². The van der Waals surface area contributed by atoms with E-state index >= 15 is 0 Å². The van der Waals surface area contributed by atoms with E-state index in [-0.39, 0.29) is 17.9 Å². The smallest absolute Gasteiger partial charge is 0.319 e. The number of carbonyl (C=O) groups excluding carboxylic acids is 2. The minimum Gasteiger partial charge on any atom is -0.336 e. The van der Waals surface area contributed by atoms with Gasteiger partial charge in [0.2, 0.25) is 5.91 Å². The predicted octanol–water partition coefficient (Wildman–Crippen LogP) is 2.46. The quantitative estimate of drug-likeness (QED) is 0.823. The average molecular weight is 346 g/mol. The molecule has 1 fully saturated rings. The zero-order valence-electron chi connectivity index (χ0n) is 15.8. The summed E-state index contributed by atoms with van der Waals surface area (Å²) in [6, 6.07) is 5.75. The summed E-state index contributed by atoms with van der Waals surface area (Å²) in [5.41, 5.74) is 0.897. The number of hydrogen-bond donors (Lipinski definition) is 0. The molecule has 0 spiro atoms. The minimum absolute atomic E-state index is 0.0161. The highest BCUT2D eigenvalue weighted by Crippen LogP contribution is 2.21. The summed E-state index contributed by atoms with van der Waals surface area (Å²) < 4.78 is 0. The highest BCUT2D eigenvalue weighted by molar-refractivity contribution is 5.81. The fraction of sp³-hybridized carbons (Fsp3) is 0.632. The fourth-order valence-corrected chi connectivity index (χ4v) is 3.25. The van der Waals surface area contributed by atoms with E-state index in [4.69, 9.17) is 0 Å². The predicted molar refractivity (Wildman–Crippen MR) is 97.9 cm³/mol. The molecule has 1 saturated heterocycles. The molecule has 1 unspecified atom stereocenters. The van der Waals surface area contributed by atoms with Crippen LogP contribution in [0, 0.1) is 11.8 Å². The van der Waals surface area contributed by atoms with Crippen LogP contribution in [0.5, 0.6) is 0 Å². The first-order valence-electron chi connectivity index (χ1n) is 9.03. The number of aromatic nitrogens is 1. The highest BCUT2D eigenvalue weighted by atomic mass is 16.2. The van der Waals surface area contributed by atoms with Crippen molar-refractivity contribution in [2.24, 2.45) is 11.8 Å². The molecular weight excluding hydrogens is 316 g/mol. The summed E-state index contributed by atoms with van der Waals surface area (Å²) in [6.45, 7) is 6.68. The Morgan fingerprint density at radius 3 is 2.68 bits per heavy atom. The van der Waals surface area contributed by atoms with Crippen LogP contribution < -0.4 is 0 Å². The van der Waals surface area contributed by atoms with E-state index in [1.807, 2.05) is 23.1 Å². The van der Waals surface area contributed by atoms with Gasteiger partial charge in [-0.05, 0) is 30.9 Å². The van der Waals surface area contributed by atoms with Gasteiger partial charge in [-0.2, -0.15) is 0 Å². The van der Waals surface area contributed by atoms with Gasteiger partial charge in [-0.3, -0.25) is 9.78 Å². The zero-order chi connectivity index (χ0) is 18.4. The molecule has 3 amide bonds. The molecule has 0 aromatic carbocycles. The monoisotopic (exact) mass is 346 g/mol. The van der Waals surface area contributed by atoms with E-state index in [9.17, 15) is 9.59 Å². The number of hydrogen-bond acceptors (Lipinski definition) is 3. The van der Waals surface area contributed by atoms with Crippen molar-refractivity contribution in [2.75, 3.05) is 33.7 Å². The number of carbonyl (C=O) groups is 2. The van der Waals surface area contributed by atoms with Crippen LogP contribution in [0.3, 0.4) is 0 Å². The van der Waals surface area contributed by atoms with Crippen molar-refractivity contribution in [3.8, 4) is 0 Å². The molecule has 138 valence electrons. The number of piperidine rings is 1. The van der Waals surface area contributed by atoms with Crippen LogP contribution in [0.25, 0.3) is 0 Å². The summed E-state index contributed by atoms with van der Waals surface area (Å²) >= 11 is 0. The maximum atomic E-state index is 13.1. The normalized spacial score (nSPS) is 17.5. The molecule has 25 heavy (non-hydrogen) atoms. The number of pyridine rings is 1. The molecule has 0 N–H and O–H groups in total. The molecule has 0 bridgehead atoms. The van der Waals surface area contributed by atoms with E-state index in [0.29, 0.717) is 25.6 Å². The first kappa shape index (κ1) is 19.2. The Hall–Kier alpha value is -2.11. The molecule has 1 aliphatic heterocycles. The van der Waals surface area contributed by atoms with E-state index in [2.05, 4.69) is 18.8 Å². The van der Waals surface area contributed by atoms with Crippen LogP contribution in [0.1, 0.15) is 32.4 Å². The van der Waals surface area contributed by atoms with Crippen molar-refractivity contribution >= 4 is 11.9 Å². The topological polar surface area (TPSA) is 56.8 Å². The van der Waals surface area contributed by atoms with Gasteiger partial charge < -0.3 is 14.7 Å². The molecule has 2 rings (SSSR count). The Morgan fingerprint density at radius 1 is 1.32 bits per heavy atom. The van der Waals surface area contributed by atoms with Gasteiger partial charge in [0.25, 0.3) is 0 Å². The lowest BCUT2D eigenvalue weighted by molar-refractivity contribution is -0.138. The molecule has 2 heterocycles. The zero-order valence-corrected chi connectivity index (χ0v) is 15.8. The highest BCUT2D eigenvalue weighted by Gasteiger charge is 2.32. The first-order valence-corrected chi connectivity index (χ1v) is 9.03. The second-order valence-electron chi connectivity index (χ2n) is 7.40. The van der Waals surface area contributed by atoms with Gasteiger partial charge in [0.05, 0.1) is 18.2 Å². The molecule has 1 aliphatic rings. The van der Waals surface area contributed by atoms with E-state index in [0.717, 1.165) is 25.1 Å². The van der Waals surface area contributed by atoms with Gasteiger partial charge >= 0.3 is 6.03 Å². The molecule has 6 nitrogen and oxygen atoms in total. The number of likely N-dealkylation sites (tertiary alicyclic amines) is 1. The van der Waals surface area contributed by atoms with Crippen LogP contribution in [-0.4, -0.2) is 65.4 Å². The molecule has 0 saturated carbocycles. The molecule has 1 aromatic heterocycles. The second kappa shape index (κ2) is 8.83.